The highest BCUT2D eigenvalue weighted by atomic mass is 35.5. The predicted molar refractivity (Wildman–Crippen MR) is 81.8 cm³/mol. The lowest BCUT2D eigenvalue weighted by Crippen LogP contribution is -2.45. The SMILES string of the molecule is C[C@H]1COc2ccccc2N1C(=O)Cc1ccc(Cl)nc1. The Bertz CT molecular complexity index is 658. The summed E-state index contributed by atoms with van der Waals surface area (Å²) in [7, 11) is 0. The molecule has 0 N–H and O–H groups in total. The fourth-order valence-electron chi connectivity index (χ4n) is 2.45. The minimum atomic E-state index is 0.00709. The molecule has 0 saturated heterocycles. The van der Waals surface area contributed by atoms with Gasteiger partial charge in [-0.1, -0.05) is 29.8 Å². The molecule has 0 aliphatic carbocycles. The van der Waals surface area contributed by atoms with Crippen LogP contribution >= 0.6 is 11.6 Å². The molecular formula is C16H15ClN2O2. The molecule has 1 atom stereocenters. The van der Waals surface area contributed by atoms with Gasteiger partial charge in [0, 0.05) is 6.20 Å². The number of rotatable bonds is 2. The van der Waals surface area contributed by atoms with Crippen molar-refractivity contribution >= 4 is 23.2 Å². The summed E-state index contributed by atoms with van der Waals surface area (Å²) in [6.07, 6.45) is 1.93. The number of amides is 1. The van der Waals surface area contributed by atoms with Gasteiger partial charge in [-0.05, 0) is 30.7 Å². The second-order valence-corrected chi connectivity index (χ2v) is 5.44. The van der Waals surface area contributed by atoms with Crippen LogP contribution < -0.4 is 9.64 Å². The average Bonchev–Trinajstić information content (AvgIpc) is 2.49. The van der Waals surface area contributed by atoms with Gasteiger partial charge in [-0.2, -0.15) is 0 Å². The van der Waals surface area contributed by atoms with Crippen LogP contribution in [0, 0.1) is 0 Å². The van der Waals surface area contributed by atoms with Gasteiger partial charge in [-0.3, -0.25) is 4.79 Å². The van der Waals surface area contributed by atoms with Gasteiger partial charge in [0.15, 0.2) is 0 Å². The van der Waals surface area contributed by atoms with Crippen molar-refractivity contribution in [2.75, 3.05) is 11.5 Å². The quantitative estimate of drug-likeness (QED) is 0.801. The van der Waals surface area contributed by atoms with Gasteiger partial charge < -0.3 is 9.64 Å². The van der Waals surface area contributed by atoms with Crippen LogP contribution in [0.25, 0.3) is 0 Å². The van der Waals surface area contributed by atoms with Gasteiger partial charge in [0.25, 0.3) is 0 Å². The molecule has 2 heterocycles. The smallest absolute Gasteiger partial charge is 0.231 e. The Kier molecular flexibility index (Phi) is 3.80. The van der Waals surface area contributed by atoms with Crippen LogP contribution in [0.1, 0.15) is 12.5 Å². The number of para-hydroxylation sites is 2. The number of carbonyl (C=O) groups excluding carboxylic acids is 1. The summed E-state index contributed by atoms with van der Waals surface area (Å²) < 4.78 is 5.66. The highest BCUT2D eigenvalue weighted by Crippen LogP contribution is 2.33. The molecule has 108 valence electrons. The highest BCUT2D eigenvalue weighted by molar-refractivity contribution is 6.29. The fraction of sp³-hybridized carbons (Fsp3) is 0.250. The molecule has 21 heavy (non-hydrogen) atoms. The van der Waals surface area contributed by atoms with E-state index in [9.17, 15) is 4.79 Å². The average molecular weight is 303 g/mol. The first-order chi connectivity index (χ1) is 10.1. The van der Waals surface area contributed by atoms with E-state index in [2.05, 4.69) is 4.98 Å². The highest BCUT2D eigenvalue weighted by Gasteiger charge is 2.29. The van der Waals surface area contributed by atoms with Crippen LogP contribution in [0.5, 0.6) is 5.75 Å². The fourth-order valence-corrected chi connectivity index (χ4v) is 2.56. The standard InChI is InChI=1S/C16H15ClN2O2/c1-11-10-21-14-5-3-2-4-13(14)19(11)16(20)8-12-6-7-15(17)18-9-12/h2-7,9,11H,8,10H2,1H3/t11-/m0/s1. The number of benzene rings is 1. The molecule has 0 radical (unpaired) electrons. The van der Waals surface area contributed by atoms with Crippen LogP contribution in [-0.4, -0.2) is 23.5 Å². The molecule has 5 heteroatoms. The van der Waals surface area contributed by atoms with E-state index in [-0.39, 0.29) is 11.9 Å². The maximum Gasteiger partial charge on any atom is 0.231 e. The van der Waals surface area contributed by atoms with Crippen molar-refractivity contribution < 1.29 is 9.53 Å². The first-order valence-corrected chi connectivity index (χ1v) is 7.17. The number of fused-ring (bicyclic) bond motifs is 1. The van der Waals surface area contributed by atoms with Gasteiger partial charge in [-0.25, -0.2) is 4.98 Å². The van der Waals surface area contributed by atoms with E-state index >= 15 is 0 Å². The Balaban J connectivity index is 1.85. The van der Waals surface area contributed by atoms with Crippen molar-refractivity contribution in [2.45, 2.75) is 19.4 Å². The molecule has 0 saturated carbocycles. The van der Waals surface area contributed by atoms with Crippen LogP contribution in [0.2, 0.25) is 5.15 Å². The summed E-state index contributed by atoms with van der Waals surface area (Å²) in [5.74, 6) is 0.778. The lowest BCUT2D eigenvalue weighted by atomic mass is 10.1. The molecule has 4 nitrogen and oxygen atoms in total. The molecule has 1 amide bonds. The Morgan fingerprint density at radius 3 is 2.95 bits per heavy atom. The van der Waals surface area contributed by atoms with Gasteiger partial charge in [0.05, 0.1) is 18.2 Å². The van der Waals surface area contributed by atoms with Gasteiger partial charge in [0.2, 0.25) is 5.91 Å². The molecule has 0 bridgehead atoms. The second-order valence-electron chi connectivity index (χ2n) is 5.06. The summed E-state index contributed by atoms with van der Waals surface area (Å²) in [4.78, 5) is 18.4. The molecule has 0 fully saturated rings. The van der Waals surface area contributed by atoms with Crippen molar-refractivity contribution in [1.82, 2.24) is 4.98 Å². The number of halogens is 1. The van der Waals surface area contributed by atoms with E-state index in [4.69, 9.17) is 16.3 Å². The number of ether oxygens (including phenoxy) is 1. The van der Waals surface area contributed by atoms with Gasteiger partial charge >= 0.3 is 0 Å². The molecule has 3 rings (SSSR count). The van der Waals surface area contributed by atoms with Gasteiger partial charge in [-0.15, -0.1) is 0 Å². The molecule has 1 aliphatic heterocycles. The van der Waals surface area contributed by atoms with E-state index in [1.54, 1.807) is 17.2 Å². The van der Waals surface area contributed by atoms with Crippen molar-refractivity contribution in [3.63, 3.8) is 0 Å². The summed E-state index contributed by atoms with van der Waals surface area (Å²) in [6.45, 7) is 2.48. The molecule has 1 aromatic heterocycles. The Morgan fingerprint density at radius 1 is 1.38 bits per heavy atom. The Hall–Kier alpha value is -2.07. The third kappa shape index (κ3) is 2.85. The third-order valence-electron chi connectivity index (χ3n) is 3.46. The summed E-state index contributed by atoms with van der Waals surface area (Å²) in [5.41, 5.74) is 1.67. The van der Waals surface area contributed by atoms with Crippen molar-refractivity contribution in [1.29, 1.82) is 0 Å². The van der Waals surface area contributed by atoms with Crippen molar-refractivity contribution in [3.8, 4) is 5.75 Å². The van der Waals surface area contributed by atoms with E-state index < -0.39 is 0 Å². The number of aromatic nitrogens is 1. The first-order valence-electron chi connectivity index (χ1n) is 6.79. The third-order valence-corrected chi connectivity index (χ3v) is 3.68. The molecule has 0 spiro atoms. The molecule has 0 unspecified atom stereocenters. The molecule has 2 aromatic rings. The zero-order valence-corrected chi connectivity index (χ0v) is 12.4. The van der Waals surface area contributed by atoms with Crippen molar-refractivity contribution in [2.24, 2.45) is 0 Å². The van der Waals surface area contributed by atoms with Gasteiger partial charge in [0.1, 0.15) is 17.5 Å². The van der Waals surface area contributed by atoms with E-state index in [0.29, 0.717) is 18.2 Å². The number of carbonyl (C=O) groups is 1. The topological polar surface area (TPSA) is 42.4 Å². The molecular weight excluding hydrogens is 288 g/mol. The summed E-state index contributed by atoms with van der Waals surface area (Å²) >= 11 is 5.76. The number of hydrogen-bond acceptors (Lipinski definition) is 3. The monoisotopic (exact) mass is 302 g/mol. The van der Waals surface area contributed by atoms with E-state index in [0.717, 1.165) is 17.0 Å². The van der Waals surface area contributed by atoms with E-state index in [1.807, 2.05) is 37.3 Å². The number of pyridine rings is 1. The van der Waals surface area contributed by atoms with Crippen LogP contribution in [0.4, 0.5) is 5.69 Å². The minimum absolute atomic E-state index is 0.00709. The van der Waals surface area contributed by atoms with Crippen LogP contribution in [0.15, 0.2) is 42.6 Å². The maximum absolute atomic E-state index is 12.6. The molecule has 1 aliphatic rings. The summed E-state index contributed by atoms with van der Waals surface area (Å²) in [5, 5.41) is 0.427. The summed E-state index contributed by atoms with van der Waals surface area (Å²) in [6, 6.07) is 11.1. The lowest BCUT2D eigenvalue weighted by Gasteiger charge is -2.35. The Labute approximate surface area is 128 Å². The lowest BCUT2D eigenvalue weighted by molar-refractivity contribution is -0.118. The first kappa shape index (κ1) is 13.9. The largest absolute Gasteiger partial charge is 0.489 e. The molecule has 1 aromatic carbocycles. The number of nitrogens with zero attached hydrogens (tertiary/aromatic N) is 2. The zero-order valence-electron chi connectivity index (χ0n) is 11.6. The maximum atomic E-state index is 12.6. The zero-order chi connectivity index (χ0) is 14.8. The predicted octanol–water partition coefficient (Wildman–Crippen LogP) is 3.09. The normalized spacial score (nSPS) is 17.0. The van der Waals surface area contributed by atoms with Crippen molar-refractivity contribution in [3.05, 3.63) is 53.3 Å². The van der Waals surface area contributed by atoms with E-state index in [1.165, 1.54) is 0 Å². The second kappa shape index (κ2) is 5.74. The number of anilines is 1. The minimum Gasteiger partial charge on any atom is -0.489 e. The number of hydrogen-bond donors (Lipinski definition) is 0. The van der Waals surface area contributed by atoms with Crippen LogP contribution in [-0.2, 0) is 11.2 Å². The Morgan fingerprint density at radius 2 is 2.19 bits per heavy atom. The van der Waals surface area contributed by atoms with Crippen LogP contribution in [0.3, 0.4) is 0 Å².